The average molecular weight is 365 g/mol. The van der Waals surface area contributed by atoms with Crippen molar-refractivity contribution < 1.29 is 9.59 Å². The Kier molecular flexibility index (Phi) is 6.24. The van der Waals surface area contributed by atoms with Gasteiger partial charge in [-0.3, -0.25) is 9.59 Å². The van der Waals surface area contributed by atoms with Crippen LogP contribution in [-0.4, -0.2) is 36.3 Å². The lowest BCUT2D eigenvalue weighted by molar-refractivity contribution is -0.134. The molecule has 0 saturated carbocycles. The zero-order chi connectivity index (χ0) is 19.2. The zero-order valence-corrected chi connectivity index (χ0v) is 15.7. The van der Waals surface area contributed by atoms with Gasteiger partial charge in [0.25, 0.3) is 5.91 Å². The van der Waals surface area contributed by atoms with Gasteiger partial charge >= 0.3 is 0 Å². The van der Waals surface area contributed by atoms with Gasteiger partial charge in [-0.25, -0.2) is 0 Å². The zero-order valence-electron chi connectivity index (χ0n) is 15.7. The number of aryl methyl sites for hydroxylation is 1. The Bertz CT molecular complexity index is 774. The Morgan fingerprint density at radius 3 is 2.56 bits per heavy atom. The Hall–Kier alpha value is -2.66. The third-order valence-electron chi connectivity index (χ3n) is 5.12. The highest BCUT2D eigenvalue weighted by molar-refractivity contribution is 5.94. The van der Waals surface area contributed by atoms with E-state index in [4.69, 9.17) is 5.73 Å². The molecule has 1 fully saturated rings. The molecule has 5 nitrogen and oxygen atoms in total. The normalized spacial score (nSPS) is 18.0. The van der Waals surface area contributed by atoms with Crippen LogP contribution in [-0.2, 0) is 4.79 Å². The molecule has 27 heavy (non-hydrogen) atoms. The van der Waals surface area contributed by atoms with Crippen molar-refractivity contribution in [3.63, 3.8) is 0 Å². The Labute approximate surface area is 160 Å². The lowest BCUT2D eigenvalue weighted by Gasteiger charge is -2.34. The molecule has 0 aromatic heterocycles. The van der Waals surface area contributed by atoms with Crippen molar-refractivity contribution in [1.82, 2.24) is 10.2 Å². The molecule has 1 aliphatic rings. The number of amides is 2. The first kappa shape index (κ1) is 19.1. The van der Waals surface area contributed by atoms with Crippen LogP contribution >= 0.6 is 0 Å². The molecule has 142 valence electrons. The number of nitrogens with zero attached hydrogens (tertiary/aromatic N) is 1. The van der Waals surface area contributed by atoms with Gasteiger partial charge in [-0.2, -0.15) is 0 Å². The van der Waals surface area contributed by atoms with E-state index >= 15 is 0 Å². The molecule has 2 aromatic carbocycles. The minimum absolute atomic E-state index is 0.0436. The van der Waals surface area contributed by atoms with E-state index in [-0.39, 0.29) is 17.7 Å². The van der Waals surface area contributed by atoms with Crippen LogP contribution in [0.25, 0.3) is 0 Å². The first-order valence-electron chi connectivity index (χ1n) is 9.49. The maximum Gasteiger partial charge on any atom is 0.251 e. The molecule has 1 aliphatic heterocycles. The van der Waals surface area contributed by atoms with E-state index in [1.54, 1.807) is 12.1 Å². The van der Waals surface area contributed by atoms with E-state index in [1.807, 2.05) is 54.3 Å². The number of nitrogens with two attached hydrogens (primary N) is 1. The van der Waals surface area contributed by atoms with Crippen LogP contribution < -0.4 is 11.1 Å². The average Bonchev–Trinajstić information content (AvgIpc) is 2.72. The lowest BCUT2D eigenvalue weighted by Crippen LogP contribution is -2.46. The van der Waals surface area contributed by atoms with Crippen molar-refractivity contribution in [2.24, 2.45) is 11.7 Å². The van der Waals surface area contributed by atoms with Crippen LogP contribution in [0.1, 0.15) is 40.4 Å². The van der Waals surface area contributed by atoms with E-state index < -0.39 is 6.04 Å². The summed E-state index contributed by atoms with van der Waals surface area (Å²) in [6, 6.07) is 16.3. The van der Waals surface area contributed by atoms with Crippen molar-refractivity contribution in [2.75, 3.05) is 19.6 Å². The third kappa shape index (κ3) is 4.95. The summed E-state index contributed by atoms with van der Waals surface area (Å²) in [5.74, 6) is 0.133. The van der Waals surface area contributed by atoms with Gasteiger partial charge in [0.05, 0.1) is 0 Å². The van der Waals surface area contributed by atoms with E-state index in [0.717, 1.165) is 30.5 Å². The van der Waals surface area contributed by atoms with E-state index in [1.165, 1.54) is 0 Å². The lowest BCUT2D eigenvalue weighted by atomic mass is 9.96. The minimum Gasteiger partial charge on any atom is -0.352 e. The third-order valence-corrected chi connectivity index (χ3v) is 5.12. The Morgan fingerprint density at radius 1 is 1.15 bits per heavy atom. The second-order valence-electron chi connectivity index (χ2n) is 7.26. The van der Waals surface area contributed by atoms with E-state index in [9.17, 15) is 9.59 Å². The highest BCUT2D eigenvalue weighted by Crippen LogP contribution is 2.21. The quantitative estimate of drug-likeness (QED) is 0.855. The van der Waals surface area contributed by atoms with Crippen LogP contribution in [0.15, 0.2) is 54.6 Å². The molecular weight excluding hydrogens is 338 g/mol. The van der Waals surface area contributed by atoms with E-state index in [0.29, 0.717) is 18.7 Å². The first-order chi connectivity index (χ1) is 13.0. The van der Waals surface area contributed by atoms with Gasteiger partial charge in [-0.05, 0) is 43.4 Å². The number of likely N-dealkylation sites (tertiary alicyclic amines) is 1. The number of hydrogen-bond donors (Lipinski definition) is 2. The molecule has 0 radical (unpaired) electrons. The van der Waals surface area contributed by atoms with Crippen molar-refractivity contribution in [3.8, 4) is 0 Å². The number of carbonyl (C=O) groups is 2. The van der Waals surface area contributed by atoms with Crippen molar-refractivity contribution in [2.45, 2.75) is 25.8 Å². The Balaban J connectivity index is 1.54. The molecule has 2 unspecified atom stereocenters. The van der Waals surface area contributed by atoms with Crippen molar-refractivity contribution in [1.29, 1.82) is 0 Å². The minimum atomic E-state index is -0.636. The van der Waals surface area contributed by atoms with Crippen LogP contribution in [0.5, 0.6) is 0 Å². The summed E-state index contributed by atoms with van der Waals surface area (Å²) in [5.41, 5.74) is 8.84. The number of carbonyl (C=O) groups excluding carboxylic acids is 2. The molecule has 1 heterocycles. The molecular formula is C22H27N3O2. The van der Waals surface area contributed by atoms with Gasteiger partial charge in [0.15, 0.2) is 0 Å². The number of rotatable bonds is 5. The number of benzene rings is 2. The number of nitrogens with one attached hydrogen (secondary N) is 1. The molecule has 3 N–H and O–H groups in total. The smallest absolute Gasteiger partial charge is 0.251 e. The fraction of sp³-hybridized carbons (Fsp3) is 0.364. The highest BCUT2D eigenvalue weighted by Gasteiger charge is 2.28. The first-order valence-corrected chi connectivity index (χ1v) is 9.49. The summed E-state index contributed by atoms with van der Waals surface area (Å²) in [6.45, 7) is 3.93. The summed E-state index contributed by atoms with van der Waals surface area (Å²) >= 11 is 0. The molecule has 0 spiro atoms. The second-order valence-corrected chi connectivity index (χ2v) is 7.26. The van der Waals surface area contributed by atoms with Crippen LogP contribution in [0.3, 0.4) is 0 Å². The molecule has 2 amide bonds. The molecule has 5 heteroatoms. The van der Waals surface area contributed by atoms with Crippen molar-refractivity contribution in [3.05, 3.63) is 71.3 Å². The predicted octanol–water partition coefficient (Wildman–Crippen LogP) is 2.66. The summed E-state index contributed by atoms with van der Waals surface area (Å²) in [4.78, 5) is 26.9. The maximum absolute atomic E-state index is 12.8. The summed E-state index contributed by atoms with van der Waals surface area (Å²) < 4.78 is 0. The molecule has 2 aromatic rings. The van der Waals surface area contributed by atoms with Gasteiger partial charge in [0.2, 0.25) is 5.91 Å². The van der Waals surface area contributed by atoms with Gasteiger partial charge < -0.3 is 16.0 Å². The molecule has 2 atom stereocenters. The predicted molar refractivity (Wildman–Crippen MR) is 106 cm³/mol. The van der Waals surface area contributed by atoms with Crippen molar-refractivity contribution >= 4 is 11.8 Å². The van der Waals surface area contributed by atoms with Gasteiger partial charge in [-0.1, -0.05) is 48.0 Å². The molecule has 0 bridgehead atoms. The summed E-state index contributed by atoms with van der Waals surface area (Å²) in [5, 5.41) is 2.99. The van der Waals surface area contributed by atoms with E-state index in [2.05, 4.69) is 5.32 Å². The standard InChI is InChI=1S/C22H27N3O2/c1-16-9-11-18(12-10-16)20(23)22(27)25-13-5-6-17(15-25)14-24-21(26)19-7-3-2-4-8-19/h2-4,7-12,17,20H,5-6,13-15,23H2,1H3,(H,24,26). The molecule has 0 aliphatic carbocycles. The largest absolute Gasteiger partial charge is 0.352 e. The summed E-state index contributed by atoms with van der Waals surface area (Å²) in [6.07, 6.45) is 1.93. The van der Waals surface area contributed by atoms with Gasteiger partial charge in [-0.15, -0.1) is 0 Å². The van der Waals surface area contributed by atoms with Crippen LogP contribution in [0, 0.1) is 12.8 Å². The fourth-order valence-electron chi connectivity index (χ4n) is 3.47. The molecule has 3 rings (SSSR count). The van der Waals surface area contributed by atoms with Crippen LogP contribution in [0.4, 0.5) is 0 Å². The van der Waals surface area contributed by atoms with Gasteiger partial charge in [0, 0.05) is 25.2 Å². The maximum atomic E-state index is 12.8. The van der Waals surface area contributed by atoms with Crippen LogP contribution in [0.2, 0.25) is 0 Å². The topological polar surface area (TPSA) is 75.4 Å². The number of piperidine rings is 1. The van der Waals surface area contributed by atoms with Gasteiger partial charge in [0.1, 0.15) is 6.04 Å². The summed E-state index contributed by atoms with van der Waals surface area (Å²) in [7, 11) is 0. The fourth-order valence-corrected chi connectivity index (χ4v) is 3.47. The highest BCUT2D eigenvalue weighted by atomic mass is 16.2. The molecule has 1 saturated heterocycles. The SMILES string of the molecule is Cc1ccc(C(N)C(=O)N2CCCC(CNC(=O)c3ccccc3)C2)cc1. The monoisotopic (exact) mass is 365 g/mol. The second kappa shape index (κ2) is 8.82. The Morgan fingerprint density at radius 2 is 1.85 bits per heavy atom. The number of hydrogen-bond acceptors (Lipinski definition) is 3.